The highest BCUT2D eigenvalue weighted by Crippen LogP contribution is 2.38. The van der Waals surface area contributed by atoms with Crippen LogP contribution in [0.1, 0.15) is 47.5 Å². The van der Waals surface area contributed by atoms with Gasteiger partial charge in [-0.05, 0) is 50.2 Å². The monoisotopic (exact) mass is 417 g/mol. The van der Waals surface area contributed by atoms with Gasteiger partial charge < -0.3 is 4.90 Å². The number of carbonyl (C=O) groups excluding carboxylic acids is 1. The summed E-state index contributed by atoms with van der Waals surface area (Å²) in [6.07, 6.45) is 9.79. The zero-order valence-electron chi connectivity index (χ0n) is 16.8. The molecule has 2 fully saturated rings. The lowest BCUT2D eigenvalue weighted by atomic mass is 10.1. The zero-order chi connectivity index (χ0) is 20.5. The van der Waals surface area contributed by atoms with Gasteiger partial charge in [-0.2, -0.15) is 10.4 Å². The molecule has 2 aliphatic rings. The number of rotatable bonds is 5. The van der Waals surface area contributed by atoms with Gasteiger partial charge in [-0.15, -0.1) is 11.3 Å². The van der Waals surface area contributed by atoms with Crippen LogP contribution in [0.15, 0.2) is 36.7 Å². The smallest absolute Gasteiger partial charge is 0.282 e. The second kappa shape index (κ2) is 8.04. The van der Waals surface area contributed by atoms with Gasteiger partial charge in [-0.3, -0.25) is 9.48 Å². The number of amides is 1. The molecular weight excluding hydrogens is 394 g/mol. The lowest BCUT2D eigenvalue weighted by Crippen LogP contribution is -2.35. The molecule has 1 aliphatic heterocycles. The third-order valence-electron chi connectivity index (χ3n) is 5.78. The summed E-state index contributed by atoms with van der Waals surface area (Å²) in [4.78, 5) is 20.8. The summed E-state index contributed by atoms with van der Waals surface area (Å²) in [7, 11) is 0. The average molecular weight is 418 g/mol. The number of piperidine rings is 1. The molecule has 3 heterocycles. The molecule has 3 aromatic rings. The van der Waals surface area contributed by atoms with Gasteiger partial charge in [0.2, 0.25) is 0 Å². The average Bonchev–Trinajstić information content (AvgIpc) is 3.31. The highest BCUT2D eigenvalue weighted by molar-refractivity contribution is 7.17. The van der Waals surface area contributed by atoms with E-state index in [1.54, 1.807) is 12.1 Å². The molecular formula is C23H23N5OS. The molecule has 1 saturated heterocycles. The fourth-order valence-electron chi connectivity index (χ4n) is 3.88. The lowest BCUT2D eigenvalue weighted by molar-refractivity contribution is 0.0724. The Labute approximate surface area is 179 Å². The highest BCUT2D eigenvalue weighted by atomic mass is 32.1. The Kier molecular flexibility index (Phi) is 5.09. The first-order chi connectivity index (χ1) is 14.7. The maximum atomic E-state index is 13.1. The van der Waals surface area contributed by atoms with Crippen molar-refractivity contribution in [3.05, 3.63) is 47.2 Å². The Morgan fingerprint density at radius 2 is 1.90 bits per heavy atom. The van der Waals surface area contributed by atoms with E-state index in [0.717, 1.165) is 60.1 Å². The van der Waals surface area contributed by atoms with Gasteiger partial charge >= 0.3 is 0 Å². The normalized spacial score (nSPS) is 16.4. The van der Waals surface area contributed by atoms with Crippen molar-refractivity contribution in [3.8, 4) is 27.8 Å². The van der Waals surface area contributed by atoms with Crippen molar-refractivity contribution in [3.63, 3.8) is 0 Å². The fourth-order valence-corrected chi connectivity index (χ4v) is 4.91. The Bertz CT molecular complexity index is 1100. The van der Waals surface area contributed by atoms with Crippen molar-refractivity contribution in [1.29, 1.82) is 5.26 Å². The largest absolute Gasteiger partial charge is 0.337 e. The van der Waals surface area contributed by atoms with Crippen molar-refractivity contribution in [2.45, 2.75) is 38.6 Å². The minimum atomic E-state index is 0.0196. The molecule has 152 valence electrons. The molecule has 30 heavy (non-hydrogen) atoms. The summed E-state index contributed by atoms with van der Waals surface area (Å²) in [5.41, 5.74) is 3.30. The number of carbonyl (C=O) groups is 1. The van der Waals surface area contributed by atoms with Crippen LogP contribution in [-0.2, 0) is 6.54 Å². The molecule has 0 atom stereocenters. The van der Waals surface area contributed by atoms with Crippen LogP contribution in [0.25, 0.3) is 21.7 Å². The molecule has 1 saturated carbocycles. The summed E-state index contributed by atoms with van der Waals surface area (Å²) in [6.45, 7) is 2.56. The summed E-state index contributed by atoms with van der Waals surface area (Å²) < 4.78 is 2.00. The van der Waals surface area contributed by atoms with E-state index in [-0.39, 0.29) is 5.91 Å². The van der Waals surface area contributed by atoms with Crippen LogP contribution in [0.3, 0.4) is 0 Å². The Balaban J connectivity index is 1.52. The molecule has 7 heteroatoms. The van der Waals surface area contributed by atoms with Gasteiger partial charge in [0.1, 0.15) is 0 Å². The summed E-state index contributed by atoms with van der Waals surface area (Å²) in [6, 6.07) is 9.55. The molecule has 0 bridgehead atoms. The number of hydrogen-bond acceptors (Lipinski definition) is 5. The predicted octanol–water partition coefficient (Wildman–Crippen LogP) is 4.58. The van der Waals surface area contributed by atoms with Gasteiger partial charge in [-0.25, -0.2) is 4.98 Å². The van der Waals surface area contributed by atoms with Crippen LogP contribution < -0.4 is 0 Å². The van der Waals surface area contributed by atoms with Crippen molar-refractivity contribution in [2.75, 3.05) is 13.1 Å². The lowest BCUT2D eigenvalue weighted by Gasteiger charge is -2.25. The van der Waals surface area contributed by atoms with E-state index >= 15 is 0 Å². The molecule has 1 aliphatic carbocycles. The third kappa shape index (κ3) is 3.88. The molecule has 0 N–H and O–H groups in total. The first kappa shape index (κ1) is 19.0. The minimum absolute atomic E-state index is 0.0196. The van der Waals surface area contributed by atoms with Gasteiger partial charge in [0.05, 0.1) is 28.4 Å². The van der Waals surface area contributed by atoms with Crippen molar-refractivity contribution in [1.82, 2.24) is 19.7 Å². The van der Waals surface area contributed by atoms with Crippen LogP contribution in [-0.4, -0.2) is 38.7 Å². The first-order valence-electron chi connectivity index (χ1n) is 10.5. The van der Waals surface area contributed by atoms with E-state index in [2.05, 4.69) is 17.4 Å². The summed E-state index contributed by atoms with van der Waals surface area (Å²) in [5, 5.41) is 14.2. The Hall–Kier alpha value is -2.98. The molecule has 0 radical (unpaired) electrons. The van der Waals surface area contributed by atoms with Gasteiger partial charge in [0.25, 0.3) is 5.91 Å². The van der Waals surface area contributed by atoms with E-state index in [0.29, 0.717) is 10.6 Å². The SMILES string of the molecule is N#Cc1ccc(-c2nc(C(=O)N3CCCCC3)sc2-c2cnn(CC3CC3)c2)cc1. The van der Waals surface area contributed by atoms with Gasteiger partial charge in [-0.1, -0.05) is 12.1 Å². The van der Waals surface area contributed by atoms with Crippen LogP contribution in [0, 0.1) is 17.2 Å². The Morgan fingerprint density at radius 1 is 1.13 bits per heavy atom. The van der Waals surface area contributed by atoms with E-state index in [4.69, 9.17) is 10.2 Å². The predicted molar refractivity (Wildman–Crippen MR) is 116 cm³/mol. The van der Waals surface area contributed by atoms with Crippen LogP contribution >= 0.6 is 11.3 Å². The van der Waals surface area contributed by atoms with Crippen molar-refractivity contribution < 1.29 is 4.79 Å². The zero-order valence-corrected chi connectivity index (χ0v) is 17.6. The van der Waals surface area contributed by atoms with Gasteiger partial charge in [0.15, 0.2) is 5.01 Å². The third-order valence-corrected chi connectivity index (χ3v) is 6.87. The number of nitrogens with zero attached hydrogens (tertiary/aromatic N) is 5. The highest BCUT2D eigenvalue weighted by Gasteiger charge is 2.26. The van der Waals surface area contributed by atoms with Crippen molar-refractivity contribution in [2.24, 2.45) is 5.92 Å². The second-order valence-corrected chi connectivity index (χ2v) is 9.13. The minimum Gasteiger partial charge on any atom is -0.337 e. The quantitative estimate of drug-likeness (QED) is 0.609. The molecule has 5 rings (SSSR count). The number of hydrogen-bond donors (Lipinski definition) is 0. The maximum absolute atomic E-state index is 13.1. The van der Waals surface area contributed by atoms with E-state index < -0.39 is 0 Å². The van der Waals surface area contributed by atoms with Crippen LogP contribution in [0.2, 0.25) is 0 Å². The molecule has 1 aromatic carbocycles. The summed E-state index contributed by atoms with van der Waals surface area (Å²) in [5.74, 6) is 0.764. The molecule has 1 amide bonds. The molecule has 6 nitrogen and oxygen atoms in total. The second-order valence-electron chi connectivity index (χ2n) is 8.13. The molecule has 0 unspecified atom stereocenters. The fraction of sp³-hybridized carbons (Fsp3) is 0.391. The number of thiazole rings is 1. The van der Waals surface area contributed by atoms with E-state index in [1.807, 2.05) is 27.9 Å². The van der Waals surface area contributed by atoms with Crippen LogP contribution in [0.4, 0.5) is 0 Å². The standard InChI is InChI=1S/C23H23N5OS/c24-12-16-6-8-18(9-7-16)20-21(19-13-25-28(15-19)14-17-4-5-17)30-22(26-20)23(29)27-10-2-1-3-11-27/h6-9,13,15,17H,1-5,10-11,14H2. The number of nitriles is 1. The van der Waals surface area contributed by atoms with E-state index in [1.165, 1.54) is 30.6 Å². The maximum Gasteiger partial charge on any atom is 0.282 e. The topological polar surface area (TPSA) is 74.8 Å². The number of aromatic nitrogens is 3. The van der Waals surface area contributed by atoms with Crippen molar-refractivity contribution >= 4 is 17.2 Å². The number of likely N-dealkylation sites (tertiary alicyclic amines) is 1. The van der Waals surface area contributed by atoms with E-state index in [9.17, 15) is 4.79 Å². The first-order valence-corrected chi connectivity index (χ1v) is 11.4. The summed E-state index contributed by atoms with van der Waals surface area (Å²) >= 11 is 1.45. The van der Waals surface area contributed by atoms with Crippen LogP contribution in [0.5, 0.6) is 0 Å². The number of benzene rings is 1. The van der Waals surface area contributed by atoms with Gasteiger partial charge in [0, 0.05) is 37.0 Å². The Morgan fingerprint density at radius 3 is 2.60 bits per heavy atom. The molecule has 0 spiro atoms. The molecule has 2 aromatic heterocycles.